The zero-order valence-corrected chi connectivity index (χ0v) is 14.3. The molecule has 25 heavy (non-hydrogen) atoms. The van der Waals surface area contributed by atoms with Gasteiger partial charge in [0, 0.05) is 12.6 Å². The summed E-state index contributed by atoms with van der Waals surface area (Å²) >= 11 is 0. The molecular weight excluding hydrogens is 306 g/mol. The summed E-state index contributed by atoms with van der Waals surface area (Å²) in [6, 6.07) is 32.2. The van der Waals surface area contributed by atoms with Gasteiger partial charge in [-0.25, -0.2) is 0 Å². The van der Waals surface area contributed by atoms with E-state index in [9.17, 15) is 5.11 Å². The Morgan fingerprint density at radius 1 is 0.720 bits per heavy atom. The van der Waals surface area contributed by atoms with E-state index < -0.39 is 0 Å². The molecule has 0 saturated carbocycles. The quantitative estimate of drug-likeness (QED) is 0.714. The van der Waals surface area contributed by atoms with Crippen molar-refractivity contribution in [2.45, 2.75) is 18.0 Å². The lowest BCUT2D eigenvalue weighted by atomic mass is 9.73. The molecule has 0 unspecified atom stereocenters. The lowest BCUT2D eigenvalue weighted by Gasteiger charge is -2.54. The second-order valence-corrected chi connectivity index (χ2v) is 6.63. The minimum absolute atomic E-state index is 0.181. The van der Waals surface area contributed by atoms with Gasteiger partial charge in [-0.15, -0.1) is 0 Å². The van der Waals surface area contributed by atoms with Crippen molar-refractivity contribution in [1.82, 2.24) is 4.90 Å². The van der Waals surface area contributed by atoms with Gasteiger partial charge in [0.1, 0.15) is 0 Å². The van der Waals surface area contributed by atoms with Crippen LogP contribution in [0.25, 0.3) is 0 Å². The molecule has 1 heterocycles. The van der Waals surface area contributed by atoms with Crippen molar-refractivity contribution in [3.8, 4) is 0 Å². The number of rotatable bonds is 5. The normalized spacial score (nSPS) is 17.9. The van der Waals surface area contributed by atoms with E-state index in [1.165, 1.54) is 16.7 Å². The molecule has 0 spiro atoms. The van der Waals surface area contributed by atoms with Crippen LogP contribution in [0.5, 0.6) is 0 Å². The van der Waals surface area contributed by atoms with Crippen molar-refractivity contribution in [2.24, 2.45) is 0 Å². The lowest BCUT2D eigenvalue weighted by Crippen LogP contribution is -2.61. The maximum Gasteiger partial charge on any atom is 0.0976 e. The van der Waals surface area contributed by atoms with Gasteiger partial charge in [-0.3, -0.25) is 4.90 Å². The number of aliphatic hydroxyl groups excluding tert-OH is 1. The van der Waals surface area contributed by atoms with Crippen molar-refractivity contribution >= 4 is 0 Å². The van der Waals surface area contributed by atoms with Gasteiger partial charge >= 0.3 is 0 Å². The van der Waals surface area contributed by atoms with Gasteiger partial charge in [-0.2, -0.15) is 0 Å². The Kier molecular flexibility index (Phi) is 4.39. The standard InChI is InChI=1S/C23H23NO/c25-18-22-16-17-24(22)23(19-10-4-1-5-11-19,20-12-6-2-7-13-20)21-14-8-3-9-15-21/h1-15,22,25H,16-18H2/t22-/m1/s1. The zero-order valence-electron chi connectivity index (χ0n) is 14.3. The maximum atomic E-state index is 9.92. The summed E-state index contributed by atoms with van der Waals surface area (Å²) in [5, 5.41) is 9.92. The molecule has 0 aromatic heterocycles. The topological polar surface area (TPSA) is 23.5 Å². The average Bonchev–Trinajstić information content (AvgIpc) is 2.67. The monoisotopic (exact) mass is 329 g/mol. The van der Waals surface area contributed by atoms with Crippen molar-refractivity contribution in [3.63, 3.8) is 0 Å². The lowest BCUT2D eigenvalue weighted by molar-refractivity contribution is -0.0174. The SMILES string of the molecule is OC[C@H]1CCN1C(c1ccccc1)(c1ccccc1)c1ccccc1. The maximum absolute atomic E-state index is 9.92. The molecule has 1 atom stereocenters. The molecule has 4 rings (SSSR count). The van der Waals surface area contributed by atoms with Crippen molar-refractivity contribution in [3.05, 3.63) is 108 Å². The van der Waals surface area contributed by atoms with Gasteiger partial charge in [0.05, 0.1) is 12.1 Å². The summed E-state index contributed by atoms with van der Waals surface area (Å²) in [4.78, 5) is 2.45. The fourth-order valence-electron chi connectivity index (χ4n) is 4.11. The number of hydrogen-bond acceptors (Lipinski definition) is 2. The Morgan fingerprint density at radius 2 is 1.12 bits per heavy atom. The third kappa shape index (κ3) is 2.58. The molecule has 1 aliphatic rings. The van der Waals surface area contributed by atoms with Gasteiger partial charge in [0.25, 0.3) is 0 Å². The van der Waals surface area contributed by atoms with Crippen LogP contribution < -0.4 is 0 Å². The largest absolute Gasteiger partial charge is 0.395 e. The fraction of sp³-hybridized carbons (Fsp3) is 0.217. The number of hydrogen-bond donors (Lipinski definition) is 1. The summed E-state index contributed by atoms with van der Waals surface area (Å²) in [7, 11) is 0. The second-order valence-electron chi connectivity index (χ2n) is 6.63. The summed E-state index contributed by atoms with van der Waals surface area (Å²) in [5.74, 6) is 0. The van der Waals surface area contributed by atoms with E-state index in [-0.39, 0.29) is 18.2 Å². The van der Waals surface area contributed by atoms with Crippen LogP contribution in [0.1, 0.15) is 23.1 Å². The van der Waals surface area contributed by atoms with Crippen LogP contribution in [-0.2, 0) is 5.54 Å². The Balaban J connectivity index is 2.02. The molecule has 3 aromatic rings. The van der Waals surface area contributed by atoms with Crippen molar-refractivity contribution < 1.29 is 5.11 Å². The highest BCUT2D eigenvalue weighted by Crippen LogP contribution is 2.46. The highest BCUT2D eigenvalue weighted by atomic mass is 16.3. The summed E-state index contributed by atoms with van der Waals surface area (Å²) in [6.07, 6.45) is 1.03. The predicted molar refractivity (Wildman–Crippen MR) is 101 cm³/mol. The molecule has 3 aromatic carbocycles. The molecule has 1 fully saturated rings. The molecule has 1 saturated heterocycles. The first kappa shape index (κ1) is 16.1. The number of nitrogens with zero attached hydrogens (tertiary/aromatic N) is 1. The number of aliphatic hydroxyl groups is 1. The summed E-state index contributed by atoms with van der Waals surface area (Å²) in [6.45, 7) is 1.16. The minimum atomic E-state index is -0.380. The van der Waals surface area contributed by atoms with Gasteiger partial charge in [-0.1, -0.05) is 91.0 Å². The van der Waals surface area contributed by atoms with Crippen LogP contribution in [0.4, 0.5) is 0 Å². The minimum Gasteiger partial charge on any atom is -0.395 e. The van der Waals surface area contributed by atoms with Gasteiger partial charge in [0.2, 0.25) is 0 Å². The summed E-state index contributed by atoms with van der Waals surface area (Å²) in [5.41, 5.74) is 3.34. The van der Waals surface area contributed by atoms with Crippen LogP contribution in [0.15, 0.2) is 91.0 Å². The van der Waals surface area contributed by atoms with Gasteiger partial charge < -0.3 is 5.11 Å². The molecule has 2 heteroatoms. The van der Waals surface area contributed by atoms with E-state index in [0.29, 0.717) is 0 Å². The van der Waals surface area contributed by atoms with Crippen LogP contribution in [-0.4, -0.2) is 29.2 Å². The Labute approximate surface area is 149 Å². The van der Waals surface area contributed by atoms with Crippen molar-refractivity contribution in [1.29, 1.82) is 0 Å². The van der Waals surface area contributed by atoms with Crippen LogP contribution in [0, 0.1) is 0 Å². The molecule has 0 radical (unpaired) electrons. The highest BCUT2D eigenvalue weighted by molar-refractivity contribution is 5.50. The Bertz CT molecular complexity index is 703. The first-order valence-electron chi connectivity index (χ1n) is 8.91. The Morgan fingerprint density at radius 3 is 1.40 bits per heavy atom. The zero-order chi connectivity index (χ0) is 17.1. The molecule has 1 aliphatic heterocycles. The first-order chi connectivity index (χ1) is 12.4. The molecule has 1 N–H and O–H groups in total. The fourth-order valence-corrected chi connectivity index (χ4v) is 4.11. The van der Waals surface area contributed by atoms with E-state index >= 15 is 0 Å². The molecule has 2 nitrogen and oxygen atoms in total. The molecular formula is C23H23NO. The number of benzene rings is 3. The first-order valence-corrected chi connectivity index (χ1v) is 8.91. The van der Waals surface area contributed by atoms with Crippen LogP contribution in [0.3, 0.4) is 0 Å². The molecule has 0 aliphatic carbocycles. The smallest absolute Gasteiger partial charge is 0.0976 e. The second kappa shape index (κ2) is 6.83. The van der Waals surface area contributed by atoms with E-state index in [0.717, 1.165) is 13.0 Å². The molecule has 126 valence electrons. The third-order valence-corrected chi connectivity index (χ3v) is 5.36. The molecule has 0 bridgehead atoms. The third-order valence-electron chi connectivity index (χ3n) is 5.36. The van der Waals surface area contributed by atoms with Gasteiger partial charge in [-0.05, 0) is 23.1 Å². The highest BCUT2D eigenvalue weighted by Gasteiger charge is 2.48. The van der Waals surface area contributed by atoms with E-state index in [1.54, 1.807) is 0 Å². The van der Waals surface area contributed by atoms with Crippen LogP contribution >= 0.6 is 0 Å². The van der Waals surface area contributed by atoms with Gasteiger partial charge in [0.15, 0.2) is 0 Å². The van der Waals surface area contributed by atoms with E-state index in [1.807, 2.05) is 0 Å². The average molecular weight is 329 g/mol. The Hall–Kier alpha value is -2.42. The summed E-state index contributed by atoms with van der Waals surface area (Å²) < 4.78 is 0. The number of likely N-dealkylation sites (tertiary alicyclic amines) is 1. The predicted octanol–water partition coefficient (Wildman–Crippen LogP) is 4.05. The van der Waals surface area contributed by atoms with E-state index in [2.05, 4.69) is 95.9 Å². The van der Waals surface area contributed by atoms with Crippen molar-refractivity contribution in [2.75, 3.05) is 13.2 Å². The van der Waals surface area contributed by atoms with E-state index in [4.69, 9.17) is 0 Å². The molecule has 0 amide bonds. The van der Waals surface area contributed by atoms with Crippen LogP contribution in [0.2, 0.25) is 0 Å².